The summed E-state index contributed by atoms with van der Waals surface area (Å²) in [4.78, 5) is 10.8. The van der Waals surface area contributed by atoms with Crippen LogP contribution < -0.4 is 10.6 Å². The molecule has 1 aromatic heterocycles. The molecule has 22 heavy (non-hydrogen) atoms. The monoisotopic (exact) mass is 307 g/mol. The van der Waals surface area contributed by atoms with Crippen molar-refractivity contribution in [1.82, 2.24) is 20.5 Å². The fraction of sp³-hybridized carbons (Fsp3) is 0.625. The normalized spacial score (nSPS) is 11.7. The van der Waals surface area contributed by atoms with E-state index in [4.69, 9.17) is 4.74 Å². The van der Waals surface area contributed by atoms with Crippen molar-refractivity contribution in [1.29, 1.82) is 0 Å². The highest BCUT2D eigenvalue weighted by Crippen LogP contribution is 1.93. The number of guanidine groups is 1. The van der Waals surface area contributed by atoms with E-state index in [1.807, 2.05) is 24.4 Å². The van der Waals surface area contributed by atoms with Gasteiger partial charge in [0.2, 0.25) is 0 Å². The molecular formula is C16H29N5O. The van der Waals surface area contributed by atoms with Crippen LogP contribution in [0.4, 0.5) is 0 Å². The molecule has 0 aromatic carbocycles. The summed E-state index contributed by atoms with van der Waals surface area (Å²) in [5.41, 5.74) is 1.09. The Balaban J connectivity index is 2.10. The van der Waals surface area contributed by atoms with Crippen LogP contribution in [0.3, 0.4) is 0 Å². The first-order chi connectivity index (χ1) is 10.8. The lowest BCUT2D eigenvalue weighted by molar-refractivity contribution is 0.161. The van der Waals surface area contributed by atoms with Crippen LogP contribution in [-0.4, -0.2) is 69.8 Å². The average molecular weight is 307 g/mol. The Hall–Kier alpha value is -1.66. The molecule has 6 heteroatoms. The van der Waals surface area contributed by atoms with Crippen LogP contribution in [0.15, 0.2) is 29.4 Å². The van der Waals surface area contributed by atoms with E-state index in [0.717, 1.165) is 57.3 Å². The molecule has 0 aliphatic carbocycles. The molecule has 0 bridgehead atoms. The standard InChI is InChI=1S/C16H29N5O/c1-17-16(19-10-6-12-21(2)13-14-22-3)20-11-8-15-7-4-5-9-18-15/h4-5,7,9H,6,8,10-14H2,1-3H3,(H2,17,19,20). The van der Waals surface area contributed by atoms with Crippen LogP contribution >= 0.6 is 0 Å². The zero-order valence-corrected chi connectivity index (χ0v) is 14.0. The molecule has 1 rings (SSSR count). The van der Waals surface area contributed by atoms with Crippen molar-refractivity contribution in [3.05, 3.63) is 30.1 Å². The minimum Gasteiger partial charge on any atom is -0.383 e. The Bertz CT molecular complexity index is 410. The number of rotatable bonds is 10. The molecule has 0 saturated heterocycles. The Kier molecular flexibility index (Phi) is 9.98. The number of hydrogen-bond acceptors (Lipinski definition) is 4. The largest absolute Gasteiger partial charge is 0.383 e. The van der Waals surface area contributed by atoms with Gasteiger partial charge in [-0.1, -0.05) is 6.07 Å². The van der Waals surface area contributed by atoms with E-state index in [0.29, 0.717) is 0 Å². The van der Waals surface area contributed by atoms with E-state index in [1.54, 1.807) is 14.2 Å². The van der Waals surface area contributed by atoms with Crippen molar-refractivity contribution < 1.29 is 4.74 Å². The molecule has 0 atom stereocenters. The SMILES string of the molecule is CN=C(NCCCN(C)CCOC)NCCc1ccccn1. The summed E-state index contributed by atoms with van der Waals surface area (Å²) in [7, 11) is 5.63. The second kappa shape index (κ2) is 11.9. The van der Waals surface area contributed by atoms with E-state index in [2.05, 4.69) is 32.6 Å². The fourth-order valence-electron chi connectivity index (χ4n) is 1.99. The lowest BCUT2D eigenvalue weighted by Crippen LogP contribution is -2.39. The van der Waals surface area contributed by atoms with Crippen molar-refractivity contribution >= 4 is 5.96 Å². The molecule has 0 aliphatic heterocycles. The summed E-state index contributed by atoms with van der Waals surface area (Å²) in [5.74, 6) is 0.843. The second-order valence-corrected chi connectivity index (χ2v) is 5.15. The number of ether oxygens (including phenoxy) is 1. The van der Waals surface area contributed by atoms with Crippen molar-refractivity contribution in [2.24, 2.45) is 4.99 Å². The third kappa shape index (κ3) is 8.59. The number of pyridine rings is 1. The van der Waals surface area contributed by atoms with Gasteiger partial charge in [-0.05, 0) is 32.1 Å². The number of nitrogens with one attached hydrogen (secondary N) is 2. The Morgan fingerprint density at radius 2 is 2.09 bits per heavy atom. The van der Waals surface area contributed by atoms with E-state index >= 15 is 0 Å². The van der Waals surface area contributed by atoms with Crippen LogP contribution in [-0.2, 0) is 11.2 Å². The number of aliphatic imine (C=N–C) groups is 1. The smallest absolute Gasteiger partial charge is 0.190 e. The first-order valence-electron chi connectivity index (χ1n) is 7.78. The van der Waals surface area contributed by atoms with E-state index in [1.165, 1.54) is 0 Å². The van der Waals surface area contributed by atoms with Gasteiger partial charge in [0.1, 0.15) is 0 Å². The first kappa shape index (κ1) is 18.4. The summed E-state index contributed by atoms with van der Waals surface area (Å²) < 4.78 is 5.06. The van der Waals surface area contributed by atoms with Gasteiger partial charge in [-0.3, -0.25) is 9.98 Å². The highest BCUT2D eigenvalue weighted by Gasteiger charge is 2.00. The van der Waals surface area contributed by atoms with Gasteiger partial charge >= 0.3 is 0 Å². The summed E-state index contributed by atoms with van der Waals surface area (Å²) in [6, 6.07) is 5.98. The highest BCUT2D eigenvalue weighted by atomic mass is 16.5. The van der Waals surface area contributed by atoms with Gasteiger partial charge in [0.25, 0.3) is 0 Å². The molecule has 0 saturated carbocycles. The maximum Gasteiger partial charge on any atom is 0.190 e. The van der Waals surface area contributed by atoms with Crippen molar-refractivity contribution in [3.63, 3.8) is 0 Å². The van der Waals surface area contributed by atoms with Gasteiger partial charge in [-0.15, -0.1) is 0 Å². The van der Waals surface area contributed by atoms with Gasteiger partial charge in [0, 0.05) is 52.1 Å². The van der Waals surface area contributed by atoms with Gasteiger partial charge in [0.15, 0.2) is 5.96 Å². The van der Waals surface area contributed by atoms with Gasteiger partial charge < -0.3 is 20.3 Å². The van der Waals surface area contributed by atoms with Crippen LogP contribution in [0.5, 0.6) is 0 Å². The molecule has 0 amide bonds. The molecule has 0 fully saturated rings. The van der Waals surface area contributed by atoms with Gasteiger partial charge in [-0.2, -0.15) is 0 Å². The predicted octanol–water partition coefficient (Wildman–Crippen LogP) is 0.757. The maximum absolute atomic E-state index is 5.06. The number of likely N-dealkylation sites (N-methyl/N-ethyl adjacent to an activating group) is 1. The zero-order valence-electron chi connectivity index (χ0n) is 14.0. The van der Waals surface area contributed by atoms with Crippen LogP contribution in [0, 0.1) is 0 Å². The molecule has 0 radical (unpaired) electrons. The Morgan fingerprint density at radius 3 is 2.77 bits per heavy atom. The summed E-state index contributed by atoms with van der Waals surface area (Å²) in [5, 5.41) is 6.63. The summed E-state index contributed by atoms with van der Waals surface area (Å²) in [6.07, 6.45) is 3.78. The predicted molar refractivity (Wildman–Crippen MR) is 91.3 cm³/mol. The number of nitrogens with zero attached hydrogens (tertiary/aromatic N) is 3. The number of aromatic nitrogens is 1. The topological polar surface area (TPSA) is 61.8 Å². The molecule has 1 aromatic rings. The average Bonchev–Trinajstić information content (AvgIpc) is 2.56. The Morgan fingerprint density at radius 1 is 1.27 bits per heavy atom. The third-order valence-electron chi connectivity index (χ3n) is 3.31. The maximum atomic E-state index is 5.06. The van der Waals surface area contributed by atoms with Crippen molar-refractivity contribution in [2.45, 2.75) is 12.8 Å². The molecule has 2 N–H and O–H groups in total. The minimum atomic E-state index is 0.778. The fourth-order valence-corrected chi connectivity index (χ4v) is 1.99. The Labute approximate surface area is 134 Å². The summed E-state index contributed by atoms with van der Waals surface area (Å²) in [6.45, 7) is 4.51. The molecule has 124 valence electrons. The molecule has 0 spiro atoms. The van der Waals surface area contributed by atoms with E-state index in [-0.39, 0.29) is 0 Å². The molecule has 6 nitrogen and oxygen atoms in total. The van der Waals surface area contributed by atoms with Crippen LogP contribution in [0.25, 0.3) is 0 Å². The minimum absolute atomic E-state index is 0.778. The lowest BCUT2D eigenvalue weighted by Gasteiger charge is -2.17. The summed E-state index contributed by atoms with van der Waals surface area (Å²) >= 11 is 0. The number of methoxy groups -OCH3 is 1. The first-order valence-corrected chi connectivity index (χ1v) is 7.78. The van der Waals surface area contributed by atoms with Gasteiger partial charge in [-0.25, -0.2) is 0 Å². The quantitative estimate of drug-likeness (QED) is 0.380. The number of hydrogen-bond donors (Lipinski definition) is 2. The van der Waals surface area contributed by atoms with Crippen LogP contribution in [0.1, 0.15) is 12.1 Å². The van der Waals surface area contributed by atoms with Crippen molar-refractivity contribution in [2.75, 3.05) is 54.0 Å². The van der Waals surface area contributed by atoms with Crippen LogP contribution in [0.2, 0.25) is 0 Å². The lowest BCUT2D eigenvalue weighted by atomic mass is 10.3. The van der Waals surface area contributed by atoms with E-state index in [9.17, 15) is 0 Å². The van der Waals surface area contributed by atoms with E-state index < -0.39 is 0 Å². The molecule has 0 unspecified atom stereocenters. The highest BCUT2D eigenvalue weighted by molar-refractivity contribution is 5.79. The van der Waals surface area contributed by atoms with Gasteiger partial charge in [0.05, 0.1) is 6.61 Å². The van der Waals surface area contributed by atoms with Crippen molar-refractivity contribution in [3.8, 4) is 0 Å². The third-order valence-corrected chi connectivity index (χ3v) is 3.31. The second-order valence-electron chi connectivity index (χ2n) is 5.15. The molecule has 0 aliphatic rings. The molecular weight excluding hydrogens is 278 g/mol. The zero-order chi connectivity index (χ0) is 16.0. The molecule has 1 heterocycles.